The Balaban J connectivity index is 1.32. The largest absolute Gasteiger partial charge is 0.328 e. The summed E-state index contributed by atoms with van der Waals surface area (Å²) in [4.78, 5) is 19.6. The predicted molar refractivity (Wildman–Crippen MR) is 121 cm³/mol. The molecule has 2 heterocycles. The van der Waals surface area contributed by atoms with Gasteiger partial charge in [-0.15, -0.1) is 0 Å². The zero-order valence-corrected chi connectivity index (χ0v) is 19.1. The van der Waals surface area contributed by atoms with Gasteiger partial charge in [-0.25, -0.2) is 13.8 Å². The molecule has 1 aliphatic carbocycles. The van der Waals surface area contributed by atoms with Crippen LogP contribution in [0.2, 0.25) is 0 Å². The molecule has 4 rings (SSSR count). The van der Waals surface area contributed by atoms with Crippen LogP contribution in [0, 0.1) is 11.6 Å². The molecule has 32 heavy (non-hydrogen) atoms. The van der Waals surface area contributed by atoms with Crippen LogP contribution in [-0.2, 0) is 23.2 Å². The van der Waals surface area contributed by atoms with Crippen molar-refractivity contribution >= 4 is 11.7 Å². The highest BCUT2D eigenvalue weighted by Crippen LogP contribution is 2.26. The number of nitrogens with one attached hydrogen (secondary N) is 2. The number of hydrogen-bond acceptors (Lipinski definition) is 4. The number of fused-ring (bicyclic) bond motifs is 1. The highest BCUT2D eigenvalue weighted by atomic mass is 19.1. The van der Waals surface area contributed by atoms with E-state index in [1.165, 1.54) is 18.9 Å². The molecule has 2 atom stereocenters. The van der Waals surface area contributed by atoms with Crippen molar-refractivity contribution in [3.63, 3.8) is 0 Å². The summed E-state index contributed by atoms with van der Waals surface area (Å²) in [5.74, 6) is -0.708. The van der Waals surface area contributed by atoms with Gasteiger partial charge in [-0.3, -0.25) is 4.79 Å². The fraction of sp³-hybridized carbons (Fsp3) is 0.583. The molecule has 1 amide bonds. The third-order valence-corrected chi connectivity index (χ3v) is 6.69. The summed E-state index contributed by atoms with van der Waals surface area (Å²) in [5.41, 5.74) is 1.14. The molecule has 2 aromatic rings. The Labute approximate surface area is 188 Å². The molecule has 8 heteroatoms. The Morgan fingerprint density at radius 2 is 2.03 bits per heavy atom. The van der Waals surface area contributed by atoms with Gasteiger partial charge in [0, 0.05) is 24.8 Å². The molecular weight excluding hydrogens is 412 g/mol. The van der Waals surface area contributed by atoms with E-state index in [9.17, 15) is 13.6 Å². The number of amides is 1. The van der Waals surface area contributed by atoms with E-state index in [-0.39, 0.29) is 17.5 Å². The van der Waals surface area contributed by atoms with Crippen LogP contribution in [-0.4, -0.2) is 52.1 Å². The summed E-state index contributed by atoms with van der Waals surface area (Å²) >= 11 is 0. The van der Waals surface area contributed by atoms with Crippen LogP contribution in [0.15, 0.2) is 24.7 Å². The number of benzene rings is 1. The minimum atomic E-state index is -0.538. The van der Waals surface area contributed by atoms with Gasteiger partial charge in [0.2, 0.25) is 5.91 Å². The van der Waals surface area contributed by atoms with Gasteiger partial charge in [0.05, 0.1) is 17.9 Å². The van der Waals surface area contributed by atoms with Crippen LogP contribution in [0.5, 0.6) is 0 Å². The predicted octanol–water partition coefficient (Wildman–Crippen LogP) is 3.47. The lowest BCUT2D eigenvalue weighted by Crippen LogP contribution is -2.46. The van der Waals surface area contributed by atoms with E-state index in [1.54, 1.807) is 13.3 Å². The van der Waals surface area contributed by atoms with E-state index in [2.05, 4.69) is 38.9 Å². The Kier molecular flexibility index (Phi) is 6.62. The van der Waals surface area contributed by atoms with E-state index in [1.807, 2.05) is 6.20 Å². The van der Waals surface area contributed by atoms with Crippen LogP contribution < -0.4 is 10.6 Å². The lowest BCUT2D eigenvalue weighted by Gasteiger charge is -2.31. The molecule has 0 saturated carbocycles. The number of halogens is 2. The van der Waals surface area contributed by atoms with Crippen LogP contribution in [0.1, 0.15) is 51.2 Å². The number of nitrogens with zero attached hydrogens (tertiary/aromatic N) is 3. The number of carbonyl (C=O) groups is 1. The molecule has 174 valence electrons. The third-order valence-electron chi connectivity index (χ3n) is 6.69. The molecule has 0 radical (unpaired) electrons. The number of rotatable bonds is 7. The standard InChI is InChI=1S/C24H33F2N5O/c1-16(28-19-7-6-17-10-18(25)11-21(26)20(17)12-19)23(32)29-22-13-31(15-27-22)24(2,3)14-30-8-4-5-9-30/h10-11,13,15-16,19,28H,4-9,12,14H2,1-3H3,(H,29,32). The van der Waals surface area contributed by atoms with Gasteiger partial charge in [-0.2, -0.15) is 0 Å². The maximum atomic E-state index is 14.2. The summed E-state index contributed by atoms with van der Waals surface area (Å²) in [5, 5.41) is 6.18. The topological polar surface area (TPSA) is 62.2 Å². The highest BCUT2D eigenvalue weighted by molar-refractivity contribution is 5.93. The van der Waals surface area contributed by atoms with Gasteiger partial charge in [0.15, 0.2) is 5.82 Å². The van der Waals surface area contributed by atoms with Crippen molar-refractivity contribution in [2.24, 2.45) is 0 Å². The van der Waals surface area contributed by atoms with Crippen molar-refractivity contribution in [2.45, 2.75) is 70.5 Å². The summed E-state index contributed by atoms with van der Waals surface area (Å²) in [6.07, 6.45) is 7.91. The van der Waals surface area contributed by atoms with Gasteiger partial charge in [0.25, 0.3) is 0 Å². The second kappa shape index (κ2) is 9.27. The number of hydrogen-bond donors (Lipinski definition) is 2. The fourth-order valence-corrected chi connectivity index (χ4v) is 4.88. The van der Waals surface area contributed by atoms with E-state index in [0.29, 0.717) is 24.2 Å². The van der Waals surface area contributed by atoms with Crippen molar-refractivity contribution in [3.8, 4) is 0 Å². The number of aryl methyl sites for hydroxylation is 1. The van der Waals surface area contributed by atoms with Crippen LogP contribution >= 0.6 is 0 Å². The quantitative estimate of drug-likeness (QED) is 0.685. The van der Waals surface area contributed by atoms with E-state index in [4.69, 9.17) is 0 Å². The lowest BCUT2D eigenvalue weighted by atomic mass is 9.87. The van der Waals surface area contributed by atoms with Gasteiger partial charge < -0.3 is 20.1 Å². The maximum absolute atomic E-state index is 14.2. The molecule has 1 aromatic heterocycles. The molecule has 1 fully saturated rings. The summed E-state index contributed by atoms with van der Waals surface area (Å²) in [6, 6.07) is 1.83. The van der Waals surface area contributed by atoms with E-state index in [0.717, 1.165) is 37.7 Å². The Hall–Kier alpha value is -2.32. The number of carbonyl (C=O) groups excluding carboxylic acids is 1. The fourth-order valence-electron chi connectivity index (χ4n) is 4.88. The van der Waals surface area contributed by atoms with Crippen molar-refractivity contribution in [3.05, 3.63) is 47.4 Å². The average molecular weight is 446 g/mol. The molecule has 2 N–H and O–H groups in total. The Morgan fingerprint density at radius 3 is 2.78 bits per heavy atom. The normalized spacial score (nSPS) is 20.2. The number of imidazole rings is 1. The average Bonchev–Trinajstić information content (AvgIpc) is 3.40. The number of aromatic nitrogens is 2. The molecule has 0 bridgehead atoms. The first-order chi connectivity index (χ1) is 15.2. The zero-order valence-electron chi connectivity index (χ0n) is 19.1. The molecule has 1 aromatic carbocycles. The van der Waals surface area contributed by atoms with Crippen molar-refractivity contribution in [2.75, 3.05) is 25.0 Å². The van der Waals surface area contributed by atoms with E-state index >= 15 is 0 Å². The van der Waals surface area contributed by atoms with Gasteiger partial charge in [-0.1, -0.05) is 0 Å². The second-order valence-corrected chi connectivity index (χ2v) is 9.80. The smallest absolute Gasteiger partial charge is 0.242 e. The molecule has 2 aliphatic rings. The molecule has 1 aliphatic heterocycles. The number of anilines is 1. The zero-order chi connectivity index (χ0) is 22.9. The van der Waals surface area contributed by atoms with Crippen molar-refractivity contribution in [1.82, 2.24) is 19.8 Å². The lowest BCUT2D eigenvalue weighted by molar-refractivity contribution is -0.118. The van der Waals surface area contributed by atoms with Crippen molar-refractivity contribution < 1.29 is 13.6 Å². The first-order valence-electron chi connectivity index (χ1n) is 11.5. The Morgan fingerprint density at radius 1 is 1.28 bits per heavy atom. The Bertz CT molecular complexity index is 967. The first kappa shape index (κ1) is 22.9. The van der Waals surface area contributed by atoms with Gasteiger partial charge >= 0.3 is 0 Å². The van der Waals surface area contributed by atoms with Crippen LogP contribution in [0.3, 0.4) is 0 Å². The summed E-state index contributed by atoms with van der Waals surface area (Å²) < 4.78 is 29.6. The highest BCUT2D eigenvalue weighted by Gasteiger charge is 2.27. The monoisotopic (exact) mass is 445 g/mol. The SMILES string of the molecule is CC(NC1CCc2cc(F)cc(F)c2C1)C(=O)Nc1cn(C(C)(C)CN2CCCC2)cn1. The van der Waals surface area contributed by atoms with Crippen molar-refractivity contribution in [1.29, 1.82) is 0 Å². The molecule has 0 spiro atoms. The van der Waals surface area contributed by atoms with Crippen LogP contribution in [0.25, 0.3) is 0 Å². The third kappa shape index (κ3) is 5.18. The van der Waals surface area contributed by atoms with E-state index < -0.39 is 17.7 Å². The first-order valence-corrected chi connectivity index (χ1v) is 11.5. The van der Waals surface area contributed by atoms with Crippen LogP contribution in [0.4, 0.5) is 14.6 Å². The molecule has 2 unspecified atom stereocenters. The number of likely N-dealkylation sites (tertiary alicyclic amines) is 1. The second-order valence-electron chi connectivity index (χ2n) is 9.80. The summed E-state index contributed by atoms with van der Waals surface area (Å²) in [6.45, 7) is 9.35. The maximum Gasteiger partial charge on any atom is 0.242 e. The summed E-state index contributed by atoms with van der Waals surface area (Å²) in [7, 11) is 0. The van der Waals surface area contributed by atoms with Gasteiger partial charge in [0.1, 0.15) is 11.6 Å². The minimum Gasteiger partial charge on any atom is -0.328 e. The minimum absolute atomic E-state index is 0.0415. The molecule has 1 saturated heterocycles. The molecule has 6 nitrogen and oxygen atoms in total. The van der Waals surface area contributed by atoms with Gasteiger partial charge in [-0.05, 0) is 83.2 Å². The molecular formula is C24H33F2N5O.